The zero-order valence-corrected chi connectivity index (χ0v) is 13.1. The lowest BCUT2D eigenvalue weighted by atomic mass is 9.92. The Morgan fingerprint density at radius 3 is 2.37 bits per heavy atom. The Labute approximate surface area is 119 Å². The molecule has 19 heavy (non-hydrogen) atoms. The molecule has 0 saturated carbocycles. The quantitative estimate of drug-likeness (QED) is 0.721. The van der Waals surface area contributed by atoms with Crippen LogP contribution in [0.3, 0.4) is 0 Å². The third-order valence-corrected chi connectivity index (χ3v) is 3.24. The van der Waals surface area contributed by atoms with Crippen LogP contribution in [0.1, 0.15) is 39.2 Å². The summed E-state index contributed by atoms with van der Waals surface area (Å²) in [5, 5.41) is 3.53. The summed E-state index contributed by atoms with van der Waals surface area (Å²) in [6.45, 7) is 11.3. The van der Waals surface area contributed by atoms with Crippen LogP contribution in [-0.2, 0) is 6.54 Å². The first-order valence-corrected chi connectivity index (χ1v) is 7.40. The maximum Gasteiger partial charge on any atom is 0.0230 e. The molecule has 0 aromatic heterocycles. The van der Waals surface area contributed by atoms with Crippen LogP contribution < -0.4 is 5.32 Å². The fourth-order valence-electron chi connectivity index (χ4n) is 2.04. The van der Waals surface area contributed by atoms with E-state index in [1.165, 1.54) is 18.4 Å². The van der Waals surface area contributed by atoms with Gasteiger partial charge in [-0.2, -0.15) is 0 Å². The molecule has 0 fully saturated rings. The molecule has 2 nitrogen and oxygen atoms in total. The minimum absolute atomic E-state index is 0.442. The molecule has 108 valence electrons. The van der Waals surface area contributed by atoms with Crippen LogP contribution in [0.4, 0.5) is 0 Å². The predicted octanol–water partition coefficient (Wildman–Crippen LogP) is 3.53. The van der Waals surface area contributed by atoms with Gasteiger partial charge in [-0.15, -0.1) is 0 Å². The average molecular weight is 262 g/mol. The lowest BCUT2D eigenvalue weighted by molar-refractivity contribution is 0.315. The van der Waals surface area contributed by atoms with Crippen LogP contribution in [0, 0.1) is 5.41 Å². The van der Waals surface area contributed by atoms with Crippen LogP contribution in [0.15, 0.2) is 30.3 Å². The molecule has 0 aliphatic carbocycles. The van der Waals surface area contributed by atoms with E-state index in [9.17, 15) is 0 Å². The predicted molar refractivity (Wildman–Crippen MR) is 84.3 cm³/mol. The van der Waals surface area contributed by atoms with E-state index in [1.807, 2.05) is 0 Å². The first-order chi connectivity index (χ1) is 8.97. The van der Waals surface area contributed by atoms with Gasteiger partial charge in [0.25, 0.3) is 0 Å². The Morgan fingerprint density at radius 1 is 1.05 bits per heavy atom. The Hall–Kier alpha value is -0.860. The van der Waals surface area contributed by atoms with Crippen molar-refractivity contribution in [1.82, 2.24) is 10.2 Å². The molecule has 0 aliphatic heterocycles. The molecule has 0 atom stereocenters. The second-order valence-electron chi connectivity index (χ2n) is 6.64. The van der Waals surface area contributed by atoms with Gasteiger partial charge in [0.2, 0.25) is 0 Å². The lowest BCUT2D eigenvalue weighted by Gasteiger charge is -2.19. The van der Waals surface area contributed by atoms with Gasteiger partial charge in [-0.25, -0.2) is 0 Å². The van der Waals surface area contributed by atoms with Crippen molar-refractivity contribution in [3.05, 3.63) is 35.9 Å². The molecular weight excluding hydrogens is 232 g/mol. The maximum atomic E-state index is 3.53. The fraction of sp³-hybridized carbons (Fsp3) is 0.647. The molecule has 1 aromatic rings. The standard InChI is InChI=1S/C17H30N2/c1-17(2,3)11-13-18-12-8-14-19(4)15-16-9-6-5-7-10-16/h5-7,9-10,18H,8,11-15H2,1-4H3. The van der Waals surface area contributed by atoms with Crippen molar-refractivity contribution in [2.24, 2.45) is 5.41 Å². The van der Waals surface area contributed by atoms with E-state index in [1.54, 1.807) is 0 Å². The van der Waals surface area contributed by atoms with E-state index in [4.69, 9.17) is 0 Å². The summed E-state index contributed by atoms with van der Waals surface area (Å²) in [4.78, 5) is 2.39. The van der Waals surface area contributed by atoms with Crippen LogP contribution in [-0.4, -0.2) is 31.6 Å². The van der Waals surface area contributed by atoms with Gasteiger partial charge in [0.15, 0.2) is 0 Å². The molecule has 0 radical (unpaired) electrons. The Kier molecular flexibility index (Phi) is 7.11. The van der Waals surface area contributed by atoms with Gasteiger partial charge in [0.05, 0.1) is 0 Å². The van der Waals surface area contributed by atoms with Gasteiger partial charge in [-0.05, 0) is 50.5 Å². The highest BCUT2D eigenvalue weighted by Gasteiger charge is 2.08. The minimum atomic E-state index is 0.442. The third-order valence-electron chi connectivity index (χ3n) is 3.24. The topological polar surface area (TPSA) is 15.3 Å². The van der Waals surface area contributed by atoms with Crippen molar-refractivity contribution in [1.29, 1.82) is 0 Å². The highest BCUT2D eigenvalue weighted by atomic mass is 15.1. The first kappa shape index (κ1) is 16.2. The average Bonchev–Trinajstić information content (AvgIpc) is 2.33. The number of nitrogens with zero attached hydrogens (tertiary/aromatic N) is 1. The van der Waals surface area contributed by atoms with Gasteiger partial charge in [0, 0.05) is 6.54 Å². The summed E-state index contributed by atoms with van der Waals surface area (Å²) in [5.41, 5.74) is 1.84. The maximum absolute atomic E-state index is 3.53. The largest absolute Gasteiger partial charge is 0.317 e. The molecule has 0 spiro atoms. The highest BCUT2D eigenvalue weighted by molar-refractivity contribution is 5.14. The van der Waals surface area contributed by atoms with Gasteiger partial charge in [0.1, 0.15) is 0 Å². The fourth-order valence-corrected chi connectivity index (χ4v) is 2.04. The second kappa shape index (κ2) is 8.34. The second-order valence-corrected chi connectivity index (χ2v) is 6.64. The van der Waals surface area contributed by atoms with E-state index < -0.39 is 0 Å². The van der Waals surface area contributed by atoms with Crippen molar-refractivity contribution in [3.63, 3.8) is 0 Å². The van der Waals surface area contributed by atoms with E-state index >= 15 is 0 Å². The van der Waals surface area contributed by atoms with Crippen molar-refractivity contribution in [2.75, 3.05) is 26.7 Å². The molecular formula is C17H30N2. The minimum Gasteiger partial charge on any atom is -0.317 e. The van der Waals surface area contributed by atoms with Crippen LogP contribution in [0.5, 0.6) is 0 Å². The third kappa shape index (κ3) is 8.79. The first-order valence-electron chi connectivity index (χ1n) is 7.40. The molecule has 0 heterocycles. The molecule has 0 saturated heterocycles. The summed E-state index contributed by atoms with van der Waals surface area (Å²) in [7, 11) is 2.20. The SMILES string of the molecule is CN(CCCNCCC(C)(C)C)Cc1ccccc1. The number of rotatable bonds is 8. The van der Waals surface area contributed by atoms with Crippen molar-refractivity contribution < 1.29 is 0 Å². The number of benzene rings is 1. The lowest BCUT2D eigenvalue weighted by Crippen LogP contribution is -2.26. The monoisotopic (exact) mass is 262 g/mol. The summed E-state index contributed by atoms with van der Waals surface area (Å²) in [6.07, 6.45) is 2.46. The van der Waals surface area contributed by atoms with Crippen molar-refractivity contribution in [3.8, 4) is 0 Å². The molecule has 0 bridgehead atoms. The van der Waals surface area contributed by atoms with Crippen LogP contribution >= 0.6 is 0 Å². The summed E-state index contributed by atoms with van der Waals surface area (Å²) < 4.78 is 0. The molecule has 0 amide bonds. The summed E-state index contributed by atoms with van der Waals surface area (Å²) >= 11 is 0. The zero-order chi connectivity index (χ0) is 14.1. The van der Waals surface area contributed by atoms with E-state index in [0.29, 0.717) is 5.41 Å². The normalized spacial score (nSPS) is 12.1. The Balaban J connectivity index is 2.03. The molecule has 2 heteroatoms. The van der Waals surface area contributed by atoms with Crippen molar-refractivity contribution in [2.45, 2.75) is 40.2 Å². The highest BCUT2D eigenvalue weighted by Crippen LogP contribution is 2.16. The Morgan fingerprint density at radius 2 is 1.74 bits per heavy atom. The van der Waals surface area contributed by atoms with E-state index in [-0.39, 0.29) is 0 Å². The Bertz CT molecular complexity index is 327. The number of nitrogens with one attached hydrogen (secondary N) is 1. The molecule has 0 unspecified atom stereocenters. The van der Waals surface area contributed by atoms with E-state index in [2.05, 4.69) is 68.4 Å². The smallest absolute Gasteiger partial charge is 0.0230 e. The summed E-state index contributed by atoms with van der Waals surface area (Å²) in [5.74, 6) is 0. The molecule has 0 aliphatic rings. The molecule has 1 aromatic carbocycles. The van der Waals surface area contributed by atoms with Gasteiger partial charge >= 0.3 is 0 Å². The molecule has 1 N–H and O–H groups in total. The number of hydrogen-bond donors (Lipinski definition) is 1. The van der Waals surface area contributed by atoms with Crippen LogP contribution in [0.25, 0.3) is 0 Å². The van der Waals surface area contributed by atoms with Gasteiger partial charge in [-0.3, -0.25) is 0 Å². The molecule has 1 rings (SSSR count). The van der Waals surface area contributed by atoms with Crippen molar-refractivity contribution >= 4 is 0 Å². The van der Waals surface area contributed by atoms with Gasteiger partial charge < -0.3 is 10.2 Å². The van der Waals surface area contributed by atoms with Crippen LogP contribution in [0.2, 0.25) is 0 Å². The van der Waals surface area contributed by atoms with Gasteiger partial charge in [-0.1, -0.05) is 51.1 Å². The number of hydrogen-bond acceptors (Lipinski definition) is 2. The van der Waals surface area contributed by atoms with E-state index in [0.717, 1.165) is 26.2 Å². The zero-order valence-electron chi connectivity index (χ0n) is 13.1. The summed E-state index contributed by atoms with van der Waals surface area (Å²) in [6, 6.07) is 10.7.